The number of rotatable bonds is 4. The van der Waals surface area contributed by atoms with Crippen molar-refractivity contribution < 1.29 is 4.79 Å². The predicted molar refractivity (Wildman–Crippen MR) is 92.4 cm³/mol. The maximum absolute atomic E-state index is 12.4. The molecule has 5 heteroatoms. The number of aromatic nitrogens is 2. The Morgan fingerprint density at radius 1 is 1.17 bits per heavy atom. The molecule has 0 atom stereocenters. The topological polar surface area (TPSA) is 54.9 Å². The molecular weight excluding hydrogens is 306 g/mol. The maximum atomic E-state index is 12.4. The summed E-state index contributed by atoms with van der Waals surface area (Å²) in [6.45, 7) is 4.42. The van der Waals surface area contributed by atoms with Gasteiger partial charge >= 0.3 is 0 Å². The van der Waals surface area contributed by atoms with Gasteiger partial charge in [-0.05, 0) is 31.5 Å². The van der Waals surface area contributed by atoms with E-state index >= 15 is 0 Å². The van der Waals surface area contributed by atoms with Crippen LogP contribution in [-0.2, 0) is 6.54 Å². The fourth-order valence-corrected chi connectivity index (χ4v) is 3.16. The molecule has 1 aromatic carbocycles. The Morgan fingerprint density at radius 3 is 2.65 bits per heavy atom. The van der Waals surface area contributed by atoms with Gasteiger partial charge in [0.15, 0.2) is 0 Å². The summed E-state index contributed by atoms with van der Waals surface area (Å²) in [5, 5.41) is 3.77. The summed E-state index contributed by atoms with van der Waals surface area (Å²) in [7, 11) is 0. The normalized spacial score (nSPS) is 10.5. The fraction of sp³-hybridized carbons (Fsp3) is 0.167. The summed E-state index contributed by atoms with van der Waals surface area (Å²) in [4.78, 5) is 21.6. The lowest BCUT2D eigenvalue weighted by molar-refractivity contribution is 0.0954. The highest BCUT2D eigenvalue weighted by Gasteiger charge is 2.16. The van der Waals surface area contributed by atoms with Gasteiger partial charge < -0.3 is 5.32 Å². The molecule has 3 rings (SSSR count). The third-order valence-corrected chi connectivity index (χ3v) is 4.69. The molecule has 4 nitrogen and oxygen atoms in total. The van der Waals surface area contributed by atoms with Gasteiger partial charge in [0.2, 0.25) is 0 Å². The Morgan fingerprint density at radius 2 is 1.96 bits per heavy atom. The largest absolute Gasteiger partial charge is 0.347 e. The molecular formula is C18H17N3OS. The molecule has 0 aliphatic rings. The Kier molecular flexibility index (Phi) is 4.48. The lowest BCUT2D eigenvalue weighted by Gasteiger charge is -2.04. The summed E-state index contributed by atoms with van der Waals surface area (Å²) in [6.07, 6.45) is 3.48. The minimum absolute atomic E-state index is 0.0873. The van der Waals surface area contributed by atoms with Crippen molar-refractivity contribution in [1.82, 2.24) is 15.3 Å². The van der Waals surface area contributed by atoms with E-state index < -0.39 is 0 Å². The van der Waals surface area contributed by atoms with E-state index in [9.17, 15) is 4.79 Å². The molecule has 3 aromatic rings. The fourth-order valence-electron chi connectivity index (χ4n) is 2.19. The van der Waals surface area contributed by atoms with Gasteiger partial charge in [0.1, 0.15) is 9.88 Å². The van der Waals surface area contributed by atoms with Crippen molar-refractivity contribution in [2.45, 2.75) is 20.4 Å². The number of pyridine rings is 1. The average Bonchev–Trinajstić information content (AvgIpc) is 2.97. The monoisotopic (exact) mass is 323 g/mol. The highest BCUT2D eigenvalue weighted by atomic mass is 32.1. The van der Waals surface area contributed by atoms with Gasteiger partial charge in [0.05, 0.1) is 5.69 Å². The van der Waals surface area contributed by atoms with E-state index in [0.717, 1.165) is 21.8 Å². The number of nitrogens with one attached hydrogen (secondary N) is 1. The molecule has 2 aromatic heterocycles. The van der Waals surface area contributed by atoms with Crippen molar-refractivity contribution in [3.63, 3.8) is 0 Å². The van der Waals surface area contributed by atoms with Gasteiger partial charge in [0.25, 0.3) is 5.91 Å². The van der Waals surface area contributed by atoms with E-state index in [0.29, 0.717) is 11.4 Å². The van der Waals surface area contributed by atoms with Gasteiger partial charge in [-0.15, -0.1) is 11.3 Å². The first-order valence-corrected chi connectivity index (χ1v) is 8.16. The van der Waals surface area contributed by atoms with Crippen molar-refractivity contribution in [2.75, 3.05) is 0 Å². The van der Waals surface area contributed by atoms with E-state index in [1.54, 1.807) is 12.4 Å². The van der Waals surface area contributed by atoms with Crippen LogP contribution in [0.25, 0.3) is 10.6 Å². The van der Waals surface area contributed by atoms with Crippen LogP contribution >= 0.6 is 11.3 Å². The average molecular weight is 323 g/mol. The first-order chi connectivity index (χ1) is 11.1. The first-order valence-electron chi connectivity index (χ1n) is 7.35. The number of carbonyl (C=O) groups is 1. The third-order valence-electron chi connectivity index (χ3n) is 3.48. The van der Waals surface area contributed by atoms with Crippen LogP contribution in [-0.4, -0.2) is 15.9 Å². The van der Waals surface area contributed by atoms with Crippen molar-refractivity contribution in [1.29, 1.82) is 0 Å². The van der Waals surface area contributed by atoms with Gasteiger partial charge in [-0.1, -0.05) is 29.8 Å². The van der Waals surface area contributed by atoms with Gasteiger partial charge in [-0.2, -0.15) is 0 Å². The Labute approximate surface area is 139 Å². The Balaban J connectivity index is 1.72. The van der Waals surface area contributed by atoms with E-state index in [4.69, 9.17) is 0 Å². The smallest absolute Gasteiger partial charge is 0.263 e. The van der Waals surface area contributed by atoms with E-state index in [-0.39, 0.29) is 5.91 Å². The Hall–Kier alpha value is -2.53. The maximum Gasteiger partial charge on any atom is 0.263 e. The lowest BCUT2D eigenvalue weighted by atomic mass is 10.1. The number of thiazole rings is 1. The first kappa shape index (κ1) is 15.4. The molecule has 1 amide bonds. The summed E-state index contributed by atoms with van der Waals surface area (Å²) in [6, 6.07) is 11.9. The SMILES string of the molecule is Cc1ccc(CNC(=O)c2sc(-c3cccnc3)nc2C)cc1. The predicted octanol–water partition coefficient (Wildman–Crippen LogP) is 3.75. The van der Waals surface area contributed by atoms with Crippen LogP contribution in [0.3, 0.4) is 0 Å². The number of aryl methyl sites for hydroxylation is 2. The van der Waals surface area contributed by atoms with Gasteiger partial charge in [-0.25, -0.2) is 4.98 Å². The zero-order chi connectivity index (χ0) is 16.2. The third kappa shape index (κ3) is 3.63. The van der Waals surface area contributed by atoms with E-state index in [2.05, 4.69) is 15.3 Å². The minimum atomic E-state index is -0.0873. The zero-order valence-corrected chi connectivity index (χ0v) is 13.9. The molecule has 0 saturated heterocycles. The lowest BCUT2D eigenvalue weighted by Crippen LogP contribution is -2.22. The zero-order valence-electron chi connectivity index (χ0n) is 13.0. The van der Waals surface area contributed by atoms with Crippen molar-refractivity contribution >= 4 is 17.2 Å². The number of benzene rings is 1. The van der Waals surface area contributed by atoms with Crippen molar-refractivity contribution in [2.24, 2.45) is 0 Å². The highest BCUT2D eigenvalue weighted by Crippen LogP contribution is 2.27. The molecule has 0 aliphatic heterocycles. The molecule has 0 radical (unpaired) electrons. The summed E-state index contributed by atoms with van der Waals surface area (Å²) < 4.78 is 0. The number of nitrogens with zero attached hydrogens (tertiary/aromatic N) is 2. The van der Waals surface area contributed by atoms with E-state index in [1.165, 1.54) is 16.9 Å². The molecule has 0 unspecified atom stereocenters. The number of hydrogen-bond acceptors (Lipinski definition) is 4. The van der Waals surface area contributed by atoms with Crippen LogP contribution in [0.4, 0.5) is 0 Å². The van der Waals surface area contributed by atoms with Crippen LogP contribution in [0, 0.1) is 13.8 Å². The summed E-state index contributed by atoms with van der Waals surface area (Å²) in [5.74, 6) is -0.0873. The van der Waals surface area contributed by atoms with Crippen molar-refractivity contribution in [3.8, 4) is 10.6 Å². The summed E-state index contributed by atoms with van der Waals surface area (Å²) >= 11 is 1.40. The highest BCUT2D eigenvalue weighted by molar-refractivity contribution is 7.17. The standard InChI is InChI=1S/C18H17N3OS/c1-12-5-7-14(8-6-12)10-20-17(22)16-13(2)21-18(23-16)15-4-3-9-19-11-15/h3-9,11H,10H2,1-2H3,(H,20,22). The second-order valence-corrected chi connectivity index (χ2v) is 6.34. The van der Waals surface area contributed by atoms with Crippen LogP contribution in [0.1, 0.15) is 26.5 Å². The Bertz CT molecular complexity index is 810. The molecule has 0 bridgehead atoms. The number of amides is 1. The van der Waals surface area contributed by atoms with Gasteiger partial charge in [0, 0.05) is 24.5 Å². The molecule has 1 N–H and O–H groups in total. The van der Waals surface area contributed by atoms with Crippen LogP contribution in [0.15, 0.2) is 48.8 Å². The molecule has 116 valence electrons. The van der Waals surface area contributed by atoms with Crippen molar-refractivity contribution in [3.05, 3.63) is 70.5 Å². The van der Waals surface area contributed by atoms with Crippen LogP contribution in [0.2, 0.25) is 0 Å². The number of hydrogen-bond donors (Lipinski definition) is 1. The quantitative estimate of drug-likeness (QED) is 0.795. The molecule has 2 heterocycles. The molecule has 0 aliphatic carbocycles. The molecule has 23 heavy (non-hydrogen) atoms. The van der Waals surface area contributed by atoms with Gasteiger partial charge in [-0.3, -0.25) is 9.78 Å². The minimum Gasteiger partial charge on any atom is -0.347 e. The molecule has 0 spiro atoms. The second-order valence-electron chi connectivity index (χ2n) is 5.34. The number of carbonyl (C=O) groups excluding carboxylic acids is 1. The summed E-state index contributed by atoms with van der Waals surface area (Å²) in [5.41, 5.74) is 3.96. The second kappa shape index (κ2) is 6.71. The van der Waals surface area contributed by atoms with Crippen LogP contribution in [0.5, 0.6) is 0 Å². The van der Waals surface area contributed by atoms with E-state index in [1.807, 2.05) is 50.2 Å². The molecule has 0 saturated carbocycles. The van der Waals surface area contributed by atoms with Crippen LogP contribution < -0.4 is 5.32 Å². The molecule has 0 fully saturated rings.